The molecule has 0 radical (unpaired) electrons. The number of carbonyl (C=O) groups excluding carboxylic acids is 2. The highest BCUT2D eigenvalue weighted by molar-refractivity contribution is 6.11. The smallest absolute Gasteiger partial charge is 0.303 e. The highest BCUT2D eigenvalue weighted by atomic mass is 16.2. The number of imide groups is 1. The van der Waals surface area contributed by atoms with Crippen LogP contribution in [-0.4, -0.2) is 11.9 Å². The highest BCUT2D eigenvalue weighted by Crippen LogP contribution is 2.08. The van der Waals surface area contributed by atoms with Crippen LogP contribution in [0.25, 0.3) is 0 Å². The Morgan fingerprint density at radius 1 is 1.18 bits per heavy atom. The fourth-order valence-corrected chi connectivity index (χ4v) is 1.40. The largest absolute Gasteiger partial charge is 0.326 e. The van der Waals surface area contributed by atoms with Crippen LogP contribution in [0.15, 0.2) is 35.1 Å². The molecule has 1 rings (SSSR count). The maximum Gasteiger partial charge on any atom is 0.326 e. The molecule has 0 unspecified atom stereocenters. The molecular weight excluding hydrogens is 216 g/mol. The van der Waals surface area contributed by atoms with Crippen molar-refractivity contribution in [3.05, 3.63) is 35.1 Å². The van der Waals surface area contributed by atoms with Crippen molar-refractivity contribution >= 4 is 11.9 Å². The van der Waals surface area contributed by atoms with E-state index in [1.165, 1.54) is 11.1 Å². The van der Waals surface area contributed by atoms with Crippen LogP contribution in [0.1, 0.15) is 33.6 Å². The van der Waals surface area contributed by atoms with Gasteiger partial charge < -0.3 is 5.32 Å². The zero-order valence-corrected chi connectivity index (χ0v) is 10.5. The van der Waals surface area contributed by atoms with Gasteiger partial charge in [-0.05, 0) is 39.7 Å². The Bertz CT molecular complexity index is 413. The molecule has 0 bridgehead atoms. The zero-order valence-electron chi connectivity index (χ0n) is 10.5. The number of urea groups is 1. The summed E-state index contributed by atoms with van der Waals surface area (Å²) in [5.41, 5.74) is 2.78. The Morgan fingerprint density at radius 2 is 1.88 bits per heavy atom. The average Bonchev–Trinajstić information content (AvgIpc) is 2.54. The van der Waals surface area contributed by atoms with Gasteiger partial charge in [-0.2, -0.15) is 0 Å². The monoisotopic (exact) mass is 234 g/mol. The second-order valence-corrected chi connectivity index (χ2v) is 4.32. The van der Waals surface area contributed by atoms with Crippen molar-refractivity contribution in [2.45, 2.75) is 33.6 Å². The van der Waals surface area contributed by atoms with Gasteiger partial charge in [0.1, 0.15) is 5.70 Å². The minimum atomic E-state index is -0.461. The van der Waals surface area contributed by atoms with Gasteiger partial charge >= 0.3 is 6.03 Å². The fourth-order valence-electron chi connectivity index (χ4n) is 1.40. The summed E-state index contributed by atoms with van der Waals surface area (Å²) in [7, 11) is 0. The fraction of sp³-hybridized carbons (Fsp3) is 0.385. The normalized spacial score (nSPS) is 18.1. The topological polar surface area (TPSA) is 58.2 Å². The lowest BCUT2D eigenvalue weighted by atomic mass is 10.1. The van der Waals surface area contributed by atoms with Crippen LogP contribution in [-0.2, 0) is 4.79 Å². The Morgan fingerprint density at radius 3 is 2.41 bits per heavy atom. The summed E-state index contributed by atoms with van der Waals surface area (Å²) in [6.07, 6.45) is 7.61. The van der Waals surface area contributed by atoms with E-state index in [1.54, 1.807) is 6.08 Å². The number of amides is 3. The molecule has 0 saturated carbocycles. The van der Waals surface area contributed by atoms with Crippen LogP contribution in [0.2, 0.25) is 0 Å². The zero-order chi connectivity index (χ0) is 12.8. The van der Waals surface area contributed by atoms with Gasteiger partial charge in [-0.1, -0.05) is 23.3 Å². The maximum absolute atomic E-state index is 11.2. The van der Waals surface area contributed by atoms with E-state index in [9.17, 15) is 9.59 Å². The first-order valence-corrected chi connectivity index (χ1v) is 5.62. The second-order valence-electron chi connectivity index (χ2n) is 4.32. The second kappa shape index (κ2) is 6.03. The number of rotatable bonds is 4. The van der Waals surface area contributed by atoms with Crippen LogP contribution < -0.4 is 10.6 Å². The van der Waals surface area contributed by atoms with Crippen molar-refractivity contribution in [1.82, 2.24) is 10.6 Å². The molecule has 92 valence electrons. The molecule has 1 aliphatic heterocycles. The molecule has 1 fully saturated rings. The molecular formula is C13H18N2O2. The van der Waals surface area contributed by atoms with E-state index in [2.05, 4.69) is 30.6 Å². The van der Waals surface area contributed by atoms with Crippen LogP contribution >= 0.6 is 0 Å². The van der Waals surface area contributed by atoms with Crippen molar-refractivity contribution in [3.63, 3.8) is 0 Å². The van der Waals surface area contributed by atoms with E-state index in [-0.39, 0.29) is 5.91 Å². The summed E-state index contributed by atoms with van der Waals surface area (Å²) in [4.78, 5) is 22.0. The molecule has 17 heavy (non-hydrogen) atoms. The minimum absolute atomic E-state index is 0.302. The third-order valence-corrected chi connectivity index (χ3v) is 2.35. The highest BCUT2D eigenvalue weighted by Gasteiger charge is 2.21. The van der Waals surface area contributed by atoms with Gasteiger partial charge in [0, 0.05) is 0 Å². The van der Waals surface area contributed by atoms with Gasteiger partial charge in [0.2, 0.25) is 0 Å². The van der Waals surface area contributed by atoms with Crippen molar-refractivity contribution in [3.8, 4) is 0 Å². The minimum Gasteiger partial charge on any atom is -0.303 e. The lowest BCUT2D eigenvalue weighted by Gasteiger charge is -1.97. The summed E-state index contributed by atoms with van der Waals surface area (Å²) >= 11 is 0. The average molecular weight is 234 g/mol. The Hall–Kier alpha value is -1.84. The molecule has 3 amide bonds. The van der Waals surface area contributed by atoms with Gasteiger partial charge in [0.15, 0.2) is 0 Å². The summed E-state index contributed by atoms with van der Waals surface area (Å²) < 4.78 is 0. The lowest BCUT2D eigenvalue weighted by Crippen LogP contribution is -2.22. The maximum atomic E-state index is 11.2. The summed E-state index contributed by atoms with van der Waals surface area (Å²) in [5.74, 6) is -0.372. The van der Waals surface area contributed by atoms with Crippen molar-refractivity contribution < 1.29 is 9.59 Å². The van der Waals surface area contributed by atoms with Crippen molar-refractivity contribution in [2.24, 2.45) is 0 Å². The standard InChI is InChI=1S/C13H18N2O2/c1-9(2)5-4-6-10(3)7-8-11-12(16)15-13(17)14-11/h5,7-8H,4,6H2,1-3H3,(H2,14,15,16,17)/b10-7+,11-8+. The predicted octanol–water partition coefficient (Wildman–Crippen LogP) is 2.40. The lowest BCUT2D eigenvalue weighted by molar-refractivity contribution is -0.115. The molecule has 0 aromatic heterocycles. The van der Waals surface area contributed by atoms with Crippen molar-refractivity contribution in [1.29, 1.82) is 0 Å². The Labute approximate surface area is 101 Å². The molecule has 4 heteroatoms. The van der Waals surface area contributed by atoms with Crippen LogP contribution in [0.3, 0.4) is 0 Å². The third kappa shape index (κ3) is 4.68. The van der Waals surface area contributed by atoms with Gasteiger partial charge in [-0.15, -0.1) is 0 Å². The summed E-state index contributed by atoms with van der Waals surface area (Å²) in [6.45, 7) is 6.14. The molecule has 0 aromatic carbocycles. The van der Waals surface area contributed by atoms with E-state index in [4.69, 9.17) is 0 Å². The third-order valence-electron chi connectivity index (χ3n) is 2.35. The molecule has 1 aliphatic rings. The van der Waals surface area contributed by atoms with E-state index in [0.29, 0.717) is 5.70 Å². The molecule has 0 aliphatic carbocycles. The first-order chi connectivity index (χ1) is 7.99. The van der Waals surface area contributed by atoms with Crippen molar-refractivity contribution in [2.75, 3.05) is 0 Å². The molecule has 0 atom stereocenters. The Kier molecular flexibility index (Phi) is 4.69. The molecule has 1 saturated heterocycles. The molecule has 0 spiro atoms. The summed E-state index contributed by atoms with van der Waals surface area (Å²) in [6, 6.07) is -0.461. The van der Waals surface area contributed by atoms with E-state index in [0.717, 1.165) is 12.8 Å². The van der Waals surface area contributed by atoms with Gasteiger partial charge in [0.25, 0.3) is 5.91 Å². The first kappa shape index (κ1) is 13.2. The predicted molar refractivity (Wildman–Crippen MR) is 67.2 cm³/mol. The van der Waals surface area contributed by atoms with Crippen LogP contribution in [0.4, 0.5) is 4.79 Å². The van der Waals surface area contributed by atoms with E-state index < -0.39 is 6.03 Å². The van der Waals surface area contributed by atoms with Crippen LogP contribution in [0, 0.1) is 0 Å². The first-order valence-electron chi connectivity index (χ1n) is 5.62. The number of allylic oxidation sites excluding steroid dienone is 5. The quantitative estimate of drug-likeness (QED) is 0.446. The van der Waals surface area contributed by atoms with E-state index in [1.807, 2.05) is 13.0 Å². The SMILES string of the molecule is CC(C)=CCC/C(C)=C/C=C1/NC(=O)NC1=O. The molecule has 2 N–H and O–H groups in total. The summed E-state index contributed by atoms with van der Waals surface area (Å²) in [5, 5.41) is 4.59. The van der Waals surface area contributed by atoms with Gasteiger partial charge in [-0.25, -0.2) is 4.79 Å². The van der Waals surface area contributed by atoms with Crippen LogP contribution in [0.5, 0.6) is 0 Å². The molecule has 4 nitrogen and oxygen atoms in total. The molecule has 0 aromatic rings. The number of nitrogens with one attached hydrogen (secondary N) is 2. The molecule has 1 heterocycles. The number of hydrogen-bond acceptors (Lipinski definition) is 2. The van der Waals surface area contributed by atoms with E-state index >= 15 is 0 Å². The van der Waals surface area contributed by atoms with Gasteiger partial charge in [-0.3, -0.25) is 10.1 Å². The van der Waals surface area contributed by atoms with Gasteiger partial charge in [0.05, 0.1) is 0 Å². The number of hydrogen-bond donors (Lipinski definition) is 2. The Balaban J connectivity index is 2.52. The number of carbonyl (C=O) groups is 2.